The van der Waals surface area contributed by atoms with E-state index in [1.807, 2.05) is 54.0 Å². The van der Waals surface area contributed by atoms with Crippen LogP contribution in [0.25, 0.3) is 10.9 Å². The summed E-state index contributed by atoms with van der Waals surface area (Å²) < 4.78 is 5.77. The molecule has 3 aliphatic rings. The van der Waals surface area contributed by atoms with E-state index in [-0.39, 0.29) is 29.9 Å². The predicted octanol–water partition coefficient (Wildman–Crippen LogP) is 3.60. The highest BCUT2D eigenvalue weighted by Gasteiger charge is 2.34. The summed E-state index contributed by atoms with van der Waals surface area (Å²) in [6, 6.07) is 9.93. The Balaban J connectivity index is 1.29. The molecule has 1 saturated carbocycles. The number of carbonyl (C=O) groups is 2. The molecule has 0 radical (unpaired) electrons. The minimum Gasteiger partial charge on any atom is -0.372 e. The number of ether oxygens (including phenoxy) is 1. The van der Waals surface area contributed by atoms with Gasteiger partial charge >= 0.3 is 0 Å². The molecule has 0 bridgehead atoms. The summed E-state index contributed by atoms with van der Waals surface area (Å²) in [5, 5.41) is 0.923. The van der Waals surface area contributed by atoms with Crippen LogP contribution in [0.4, 0.5) is 0 Å². The van der Waals surface area contributed by atoms with E-state index in [0.717, 1.165) is 47.8 Å². The molecule has 2 unspecified atom stereocenters. The Bertz CT molecular complexity index is 985. The smallest absolute Gasteiger partial charge is 0.254 e. The average molecular weight is 422 g/mol. The van der Waals surface area contributed by atoms with Gasteiger partial charge in [0.05, 0.1) is 23.3 Å². The number of fused-ring (bicyclic) bond motifs is 1. The number of hydrogen-bond acceptors (Lipinski definition) is 4. The van der Waals surface area contributed by atoms with Crippen molar-refractivity contribution in [2.24, 2.45) is 5.92 Å². The Morgan fingerprint density at radius 3 is 2.32 bits per heavy atom. The lowest BCUT2D eigenvalue weighted by atomic mass is 9.94. The monoisotopic (exact) mass is 421 g/mol. The fourth-order valence-corrected chi connectivity index (χ4v) is 5.08. The topological polar surface area (TPSA) is 62.7 Å². The summed E-state index contributed by atoms with van der Waals surface area (Å²) in [7, 11) is 0. The van der Waals surface area contributed by atoms with Crippen LogP contribution < -0.4 is 0 Å². The number of likely N-dealkylation sites (tertiary alicyclic amines) is 1. The van der Waals surface area contributed by atoms with Crippen LogP contribution in [0.1, 0.15) is 61.5 Å². The van der Waals surface area contributed by atoms with Gasteiger partial charge in [-0.3, -0.25) is 14.6 Å². The third-order valence-electron chi connectivity index (χ3n) is 6.82. The van der Waals surface area contributed by atoms with Crippen LogP contribution in [-0.4, -0.2) is 65.0 Å². The van der Waals surface area contributed by atoms with Crippen molar-refractivity contribution in [2.45, 2.75) is 57.7 Å². The molecule has 5 rings (SSSR count). The molecule has 1 aliphatic carbocycles. The van der Waals surface area contributed by atoms with Crippen LogP contribution in [0, 0.1) is 5.92 Å². The van der Waals surface area contributed by atoms with Gasteiger partial charge in [0.25, 0.3) is 5.91 Å². The summed E-state index contributed by atoms with van der Waals surface area (Å²) in [6.45, 7) is 6.61. The summed E-state index contributed by atoms with van der Waals surface area (Å²) in [4.78, 5) is 35.2. The first-order valence-corrected chi connectivity index (χ1v) is 11.6. The van der Waals surface area contributed by atoms with Crippen molar-refractivity contribution in [2.75, 3.05) is 26.2 Å². The van der Waals surface area contributed by atoms with Crippen LogP contribution in [0.3, 0.4) is 0 Å². The molecule has 2 saturated heterocycles. The minimum absolute atomic E-state index is 0.00207. The second kappa shape index (κ2) is 8.23. The molecule has 6 nitrogen and oxygen atoms in total. The summed E-state index contributed by atoms with van der Waals surface area (Å²) in [6.07, 6.45) is 3.92. The molecule has 3 heterocycles. The quantitative estimate of drug-likeness (QED) is 0.760. The average Bonchev–Trinajstić information content (AvgIpc) is 3.62. The third kappa shape index (κ3) is 4.18. The number of hydrogen-bond donors (Lipinski definition) is 0. The summed E-state index contributed by atoms with van der Waals surface area (Å²) in [5.41, 5.74) is 2.70. The molecule has 1 aromatic carbocycles. The molecule has 164 valence electrons. The van der Waals surface area contributed by atoms with Gasteiger partial charge in [0, 0.05) is 49.1 Å². The highest BCUT2D eigenvalue weighted by molar-refractivity contribution is 6.06. The van der Waals surface area contributed by atoms with E-state index < -0.39 is 0 Å². The molecule has 0 N–H and O–H groups in total. The Labute approximate surface area is 183 Å². The fraction of sp³-hybridized carbons (Fsp3) is 0.560. The van der Waals surface area contributed by atoms with Crippen LogP contribution in [-0.2, 0) is 9.53 Å². The van der Waals surface area contributed by atoms with Gasteiger partial charge in [-0.05, 0) is 51.7 Å². The van der Waals surface area contributed by atoms with Crippen LogP contribution >= 0.6 is 0 Å². The third-order valence-corrected chi connectivity index (χ3v) is 6.82. The molecular weight excluding hydrogens is 390 g/mol. The van der Waals surface area contributed by atoms with Gasteiger partial charge < -0.3 is 14.5 Å². The zero-order valence-corrected chi connectivity index (χ0v) is 18.4. The van der Waals surface area contributed by atoms with Crippen molar-refractivity contribution in [1.82, 2.24) is 14.8 Å². The number of para-hydroxylation sites is 1. The predicted molar refractivity (Wildman–Crippen MR) is 119 cm³/mol. The Hall–Kier alpha value is -2.47. The van der Waals surface area contributed by atoms with Gasteiger partial charge in [0.15, 0.2) is 0 Å². The minimum atomic E-state index is -0.00207. The standard InChI is InChI=1S/C25H31N3O3/c1-16-14-28(15-17(2)31-16)24(29)19-9-11-27(12-10-19)25(30)21-13-23(18-7-8-18)26-22-6-4-3-5-20(21)22/h3-6,13,16-19H,7-12,14-15H2,1-2H3. The molecule has 31 heavy (non-hydrogen) atoms. The van der Waals surface area contributed by atoms with E-state index in [1.54, 1.807) is 0 Å². The molecule has 3 fully saturated rings. The number of aromatic nitrogens is 1. The van der Waals surface area contributed by atoms with Gasteiger partial charge in [-0.25, -0.2) is 0 Å². The lowest BCUT2D eigenvalue weighted by Gasteiger charge is -2.39. The Morgan fingerprint density at radius 1 is 0.968 bits per heavy atom. The van der Waals surface area contributed by atoms with Gasteiger partial charge in [-0.2, -0.15) is 0 Å². The van der Waals surface area contributed by atoms with Crippen molar-refractivity contribution >= 4 is 22.7 Å². The zero-order valence-electron chi connectivity index (χ0n) is 18.4. The fourth-order valence-electron chi connectivity index (χ4n) is 5.08. The number of benzene rings is 1. The normalized spacial score (nSPS) is 25.1. The van der Waals surface area contributed by atoms with E-state index in [9.17, 15) is 9.59 Å². The van der Waals surface area contributed by atoms with E-state index >= 15 is 0 Å². The number of amides is 2. The highest BCUT2D eigenvalue weighted by Crippen LogP contribution is 2.40. The first-order valence-electron chi connectivity index (χ1n) is 11.6. The lowest BCUT2D eigenvalue weighted by Crippen LogP contribution is -2.51. The van der Waals surface area contributed by atoms with Crippen LogP contribution in [0.2, 0.25) is 0 Å². The van der Waals surface area contributed by atoms with Gasteiger partial charge in [-0.1, -0.05) is 18.2 Å². The SMILES string of the molecule is CC1CN(C(=O)C2CCN(C(=O)c3cc(C4CC4)nc4ccccc34)CC2)CC(C)O1. The van der Waals surface area contributed by atoms with E-state index in [1.165, 1.54) is 0 Å². The second-order valence-electron chi connectivity index (χ2n) is 9.45. The largest absolute Gasteiger partial charge is 0.372 e. The number of carbonyl (C=O) groups excluding carboxylic acids is 2. The van der Waals surface area contributed by atoms with Gasteiger partial charge in [0.2, 0.25) is 5.91 Å². The van der Waals surface area contributed by atoms with Crippen molar-refractivity contribution in [3.8, 4) is 0 Å². The molecule has 6 heteroatoms. The maximum absolute atomic E-state index is 13.5. The number of nitrogens with zero attached hydrogens (tertiary/aromatic N) is 3. The Morgan fingerprint density at radius 2 is 1.65 bits per heavy atom. The highest BCUT2D eigenvalue weighted by atomic mass is 16.5. The van der Waals surface area contributed by atoms with E-state index in [4.69, 9.17) is 9.72 Å². The molecule has 1 aromatic heterocycles. The van der Waals surface area contributed by atoms with Crippen LogP contribution in [0.15, 0.2) is 30.3 Å². The maximum atomic E-state index is 13.5. The molecule has 2 aromatic rings. The molecule has 2 aliphatic heterocycles. The van der Waals surface area contributed by atoms with E-state index in [2.05, 4.69) is 0 Å². The van der Waals surface area contributed by atoms with Gasteiger partial charge in [0.1, 0.15) is 0 Å². The summed E-state index contributed by atoms with van der Waals surface area (Å²) >= 11 is 0. The zero-order chi connectivity index (χ0) is 21.5. The summed E-state index contributed by atoms with van der Waals surface area (Å²) in [5.74, 6) is 0.787. The van der Waals surface area contributed by atoms with Crippen molar-refractivity contribution in [3.63, 3.8) is 0 Å². The second-order valence-corrected chi connectivity index (χ2v) is 9.45. The number of morpholine rings is 1. The first-order chi connectivity index (χ1) is 15.0. The number of rotatable bonds is 3. The first kappa shape index (κ1) is 20.4. The number of piperidine rings is 1. The van der Waals surface area contributed by atoms with Gasteiger partial charge in [-0.15, -0.1) is 0 Å². The molecule has 2 atom stereocenters. The molecule has 0 spiro atoms. The molecular formula is C25H31N3O3. The molecule has 2 amide bonds. The van der Waals surface area contributed by atoms with Crippen molar-refractivity contribution < 1.29 is 14.3 Å². The van der Waals surface area contributed by atoms with Crippen molar-refractivity contribution in [3.05, 3.63) is 41.6 Å². The lowest BCUT2D eigenvalue weighted by molar-refractivity contribution is -0.148. The Kier molecular flexibility index (Phi) is 5.42. The van der Waals surface area contributed by atoms with Crippen LogP contribution in [0.5, 0.6) is 0 Å². The maximum Gasteiger partial charge on any atom is 0.254 e. The van der Waals surface area contributed by atoms with E-state index in [0.29, 0.717) is 32.1 Å². The number of pyridine rings is 1. The van der Waals surface area contributed by atoms with Crippen molar-refractivity contribution in [1.29, 1.82) is 0 Å².